The molecule has 0 bridgehead atoms. The van der Waals surface area contributed by atoms with Crippen LogP contribution in [0.3, 0.4) is 0 Å². The Bertz CT molecular complexity index is 1750. The molecule has 2 aromatic heterocycles. The number of carboxylic acid groups (broad SMARTS) is 1. The quantitative estimate of drug-likeness (QED) is 0.194. The molecule has 0 fully saturated rings. The van der Waals surface area contributed by atoms with Crippen LogP contribution >= 0.6 is 23.2 Å². The Morgan fingerprint density at radius 3 is 2.46 bits per heavy atom. The highest BCUT2D eigenvalue weighted by atomic mass is 35.5. The molecule has 2 heterocycles. The number of rotatable bonds is 9. The Balaban J connectivity index is 1.52. The first-order valence-electron chi connectivity index (χ1n) is 12.8. The molecule has 41 heavy (non-hydrogen) atoms. The maximum atomic E-state index is 12.4. The van der Waals surface area contributed by atoms with E-state index in [1.165, 1.54) is 0 Å². The SMILES string of the molecule is COc1ccc2cc(-c3cc(-c4ccc(Cl)c(Cl)c4)nn3C(C)c3ccc(C(=O)NCCC(=O)O)cc3)cnc2c1. The highest BCUT2D eigenvalue weighted by molar-refractivity contribution is 6.42. The average molecular weight is 589 g/mol. The van der Waals surface area contributed by atoms with E-state index in [0.717, 1.165) is 44.7 Å². The molecule has 0 saturated heterocycles. The number of fused-ring (bicyclic) bond motifs is 1. The lowest BCUT2D eigenvalue weighted by atomic mass is 10.0. The van der Waals surface area contributed by atoms with E-state index in [1.54, 1.807) is 31.4 Å². The smallest absolute Gasteiger partial charge is 0.305 e. The number of hydrogen-bond acceptors (Lipinski definition) is 5. The van der Waals surface area contributed by atoms with Crippen LogP contribution in [0.1, 0.15) is 35.3 Å². The number of carbonyl (C=O) groups excluding carboxylic acids is 1. The average Bonchev–Trinajstić information content (AvgIpc) is 3.43. The molecular weight excluding hydrogens is 563 g/mol. The van der Waals surface area contributed by atoms with Crippen LogP contribution in [-0.4, -0.2) is 45.4 Å². The number of carboxylic acids is 1. The van der Waals surface area contributed by atoms with E-state index in [0.29, 0.717) is 15.6 Å². The normalized spacial score (nSPS) is 11.8. The molecule has 0 aliphatic carbocycles. The van der Waals surface area contributed by atoms with Gasteiger partial charge in [-0.3, -0.25) is 19.3 Å². The monoisotopic (exact) mass is 588 g/mol. The number of amides is 1. The number of aromatic nitrogens is 3. The molecule has 1 amide bonds. The van der Waals surface area contributed by atoms with Gasteiger partial charge in [0.05, 0.1) is 46.5 Å². The summed E-state index contributed by atoms with van der Waals surface area (Å²) in [6.45, 7) is 2.09. The molecule has 208 valence electrons. The molecule has 8 nitrogen and oxygen atoms in total. The van der Waals surface area contributed by atoms with E-state index in [4.69, 9.17) is 38.1 Å². The van der Waals surface area contributed by atoms with Crippen molar-refractivity contribution in [2.45, 2.75) is 19.4 Å². The minimum absolute atomic E-state index is 0.0625. The van der Waals surface area contributed by atoms with Crippen molar-refractivity contribution < 1.29 is 19.4 Å². The van der Waals surface area contributed by atoms with Crippen molar-refractivity contribution in [1.29, 1.82) is 0 Å². The van der Waals surface area contributed by atoms with E-state index < -0.39 is 5.97 Å². The van der Waals surface area contributed by atoms with Crippen molar-refractivity contribution >= 4 is 46.0 Å². The van der Waals surface area contributed by atoms with Crippen molar-refractivity contribution in [3.05, 3.63) is 100 Å². The number of benzene rings is 3. The second-order valence-corrected chi connectivity index (χ2v) is 10.3. The van der Waals surface area contributed by atoms with Gasteiger partial charge in [0, 0.05) is 40.9 Å². The Kier molecular flexibility index (Phi) is 8.23. The number of hydrogen-bond donors (Lipinski definition) is 2. The van der Waals surface area contributed by atoms with Crippen LogP contribution in [0.15, 0.2) is 79.0 Å². The number of pyridine rings is 1. The number of methoxy groups -OCH3 is 1. The van der Waals surface area contributed by atoms with Gasteiger partial charge in [0.2, 0.25) is 0 Å². The van der Waals surface area contributed by atoms with Crippen molar-refractivity contribution in [3.8, 4) is 28.3 Å². The van der Waals surface area contributed by atoms with Crippen LogP contribution < -0.4 is 10.1 Å². The summed E-state index contributed by atoms with van der Waals surface area (Å²) in [6.07, 6.45) is 1.67. The minimum atomic E-state index is -0.967. The predicted molar refractivity (Wildman–Crippen MR) is 160 cm³/mol. The van der Waals surface area contributed by atoms with Crippen molar-refractivity contribution in [2.75, 3.05) is 13.7 Å². The van der Waals surface area contributed by atoms with Crippen molar-refractivity contribution in [1.82, 2.24) is 20.1 Å². The van der Waals surface area contributed by atoms with Crippen LogP contribution in [0.25, 0.3) is 33.4 Å². The molecule has 0 saturated carbocycles. The number of aliphatic carboxylic acids is 1. The van der Waals surface area contributed by atoms with E-state index in [-0.39, 0.29) is 24.9 Å². The lowest BCUT2D eigenvalue weighted by Gasteiger charge is -2.17. The van der Waals surface area contributed by atoms with Gasteiger partial charge in [0.15, 0.2) is 0 Å². The van der Waals surface area contributed by atoms with Crippen LogP contribution in [0, 0.1) is 0 Å². The van der Waals surface area contributed by atoms with E-state index in [2.05, 4.69) is 16.4 Å². The van der Waals surface area contributed by atoms with Gasteiger partial charge in [0.1, 0.15) is 5.75 Å². The standard InChI is InChI=1S/C31H26Cl2N4O4/c1-18(19-3-5-20(6-4-19)31(40)34-12-11-30(38)39)37-29(16-28(36-37)22-8-10-25(32)26(33)14-22)23-13-21-7-9-24(41-2)15-27(21)35-17-23/h3-10,13-18H,11-12H2,1-2H3,(H,34,40)(H,38,39). The fourth-order valence-corrected chi connectivity index (χ4v) is 4.81. The Morgan fingerprint density at radius 1 is 0.976 bits per heavy atom. The first-order valence-corrected chi connectivity index (χ1v) is 13.6. The van der Waals surface area contributed by atoms with Crippen molar-refractivity contribution in [3.63, 3.8) is 0 Å². The highest BCUT2D eigenvalue weighted by Gasteiger charge is 2.19. The number of nitrogens with one attached hydrogen (secondary N) is 1. The van der Waals surface area contributed by atoms with Crippen LogP contribution in [0.4, 0.5) is 0 Å². The van der Waals surface area contributed by atoms with E-state index >= 15 is 0 Å². The summed E-state index contributed by atoms with van der Waals surface area (Å²) in [5.74, 6) is -0.561. The summed E-state index contributed by atoms with van der Waals surface area (Å²) in [4.78, 5) is 27.8. The van der Waals surface area contributed by atoms with E-state index in [1.807, 2.05) is 60.3 Å². The number of nitrogens with zero attached hydrogens (tertiary/aromatic N) is 3. The summed E-state index contributed by atoms with van der Waals surface area (Å²) in [7, 11) is 1.62. The molecule has 1 unspecified atom stereocenters. The van der Waals surface area contributed by atoms with Gasteiger partial charge in [-0.1, -0.05) is 41.4 Å². The minimum Gasteiger partial charge on any atom is -0.497 e. The zero-order chi connectivity index (χ0) is 29.1. The second-order valence-electron chi connectivity index (χ2n) is 9.47. The van der Waals surface area contributed by atoms with Gasteiger partial charge in [-0.05, 0) is 61.0 Å². The summed E-state index contributed by atoms with van der Waals surface area (Å²) < 4.78 is 7.26. The fraction of sp³-hybridized carbons (Fsp3) is 0.161. The van der Waals surface area contributed by atoms with Gasteiger partial charge < -0.3 is 15.2 Å². The Hall–Kier alpha value is -4.40. The molecule has 1 atom stereocenters. The maximum Gasteiger partial charge on any atom is 0.305 e. The second kappa shape index (κ2) is 12.0. The highest BCUT2D eigenvalue weighted by Crippen LogP contribution is 2.34. The van der Waals surface area contributed by atoms with Gasteiger partial charge >= 0.3 is 5.97 Å². The lowest BCUT2D eigenvalue weighted by Crippen LogP contribution is -2.26. The molecular formula is C31H26Cl2N4O4. The first kappa shape index (κ1) is 28.1. The molecule has 2 N–H and O–H groups in total. The molecule has 0 aliphatic heterocycles. The molecule has 5 aromatic rings. The molecule has 0 radical (unpaired) electrons. The number of halogens is 2. The first-order chi connectivity index (χ1) is 19.7. The zero-order valence-electron chi connectivity index (χ0n) is 22.3. The van der Waals surface area contributed by atoms with Crippen molar-refractivity contribution in [2.24, 2.45) is 0 Å². The third-order valence-corrected chi connectivity index (χ3v) is 7.52. The third-order valence-electron chi connectivity index (χ3n) is 6.78. The molecule has 0 aliphatic rings. The summed E-state index contributed by atoms with van der Waals surface area (Å²) in [5, 5.41) is 18.2. The van der Waals surface area contributed by atoms with Crippen LogP contribution in [0.2, 0.25) is 10.0 Å². The summed E-state index contributed by atoms with van der Waals surface area (Å²) in [5.41, 5.74) is 5.44. The van der Waals surface area contributed by atoms with Gasteiger partial charge in [0.25, 0.3) is 5.91 Å². The van der Waals surface area contributed by atoms with Crippen LogP contribution in [0.5, 0.6) is 5.75 Å². The predicted octanol–water partition coefficient (Wildman–Crippen LogP) is 6.89. The number of ether oxygens (including phenoxy) is 1. The van der Waals surface area contributed by atoms with Gasteiger partial charge in [-0.25, -0.2) is 0 Å². The maximum absolute atomic E-state index is 12.4. The molecule has 5 rings (SSSR count). The summed E-state index contributed by atoms with van der Waals surface area (Å²) >= 11 is 12.5. The molecule has 0 spiro atoms. The largest absolute Gasteiger partial charge is 0.497 e. The Morgan fingerprint density at radius 2 is 1.76 bits per heavy atom. The molecule has 3 aromatic carbocycles. The zero-order valence-corrected chi connectivity index (χ0v) is 23.8. The van der Waals surface area contributed by atoms with Crippen LogP contribution in [-0.2, 0) is 4.79 Å². The summed E-state index contributed by atoms with van der Waals surface area (Å²) in [6, 6.07) is 22.2. The van der Waals surface area contributed by atoms with Gasteiger partial charge in [-0.2, -0.15) is 5.10 Å². The fourth-order valence-electron chi connectivity index (χ4n) is 4.51. The van der Waals surface area contributed by atoms with Gasteiger partial charge in [-0.15, -0.1) is 0 Å². The third kappa shape index (κ3) is 6.19. The topological polar surface area (TPSA) is 106 Å². The molecule has 10 heteroatoms. The van der Waals surface area contributed by atoms with E-state index in [9.17, 15) is 9.59 Å². The number of carbonyl (C=O) groups is 2. The lowest BCUT2D eigenvalue weighted by molar-refractivity contribution is -0.136. The Labute approximate surface area is 246 Å².